The second kappa shape index (κ2) is 21.3. The second-order valence-electron chi connectivity index (χ2n) is 17.2. The van der Waals surface area contributed by atoms with Crippen LogP contribution in [-0.2, 0) is 50.5 Å². The van der Waals surface area contributed by atoms with Crippen molar-refractivity contribution in [2.24, 2.45) is 13.0 Å². The van der Waals surface area contributed by atoms with Crippen molar-refractivity contribution in [1.82, 2.24) is 34.5 Å². The molecule has 2 bridgehead atoms. The van der Waals surface area contributed by atoms with Crippen LogP contribution in [0.2, 0.25) is 10.0 Å². The molecule has 2 aliphatic rings. The molecule has 2 aliphatic heterocycles. The molecule has 4 aromatic rings. The highest BCUT2D eigenvalue weighted by Crippen LogP contribution is 2.37. The molecular formula is C46H51Cl2F6N7O6. The topological polar surface area (TPSA) is 130 Å². The van der Waals surface area contributed by atoms with Gasteiger partial charge in [0, 0.05) is 54.8 Å². The zero-order valence-corrected chi connectivity index (χ0v) is 38.9. The maximum absolute atomic E-state index is 16.2. The number of benzene rings is 3. The van der Waals surface area contributed by atoms with Crippen molar-refractivity contribution in [3.05, 3.63) is 99.7 Å². The van der Waals surface area contributed by atoms with Gasteiger partial charge in [-0.3, -0.25) is 19.2 Å². The van der Waals surface area contributed by atoms with E-state index >= 15 is 4.39 Å². The Kier molecular flexibility index (Phi) is 16.2. The molecule has 362 valence electrons. The largest absolute Gasteiger partial charge is 0.457 e. The summed E-state index contributed by atoms with van der Waals surface area (Å²) < 4.78 is 99.0. The lowest BCUT2D eigenvalue weighted by Gasteiger charge is -2.50. The van der Waals surface area contributed by atoms with Gasteiger partial charge in [-0.1, -0.05) is 35.3 Å². The second-order valence-corrected chi connectivity index (χ2v) is 18.1. The fourth-order valence-electron chi connectivity index (χ4n) is 8.58. The van der Waals surface area contributed by atoms with Crippen molar-refractivity contribution in [1.29, 1.82) is 0 Å². The van der Waals surface area contributed by atoms with Crippen molar-refractivity contribution in [2.75, 3.05) is 40.8 Å². The predicted octanol–water partition coefficient (Wildman–Crippen LogP) is 7.86. The van der Waals surface area contributed by atoms with Gasteiger partial charge < -0.3 is 39.0 Å². The van der Waals surface area contributed by atoms with E-state index in [9.17, 15) is 41.1 Å². The molecule has 1 aromatic heterocycles. The SMILES string of the molecule is C[C@H]1C(=O)N[C@@H](COC(F)F)C(=O)N(C)[C@@]2(Cc3ccc(Cl)cc3)CCCN(C2)C(=O)[C@H](CC(F)(F)F)CC(=O)N1Cc1c(F)cc(Cl)cc1Oc1ccc(-c2cnc(CN(C)C)n2C)cc1. The Balaban J connectivity index is 1.38. The van der Waals surface area contributed by atoms with Gasteiger partial charge in [-0.15, -0.1) is 0 Å². The van der Waals surface area contributed by atoms with Crippen LogP contribution in [0.3, 0.4) is 0 Å². The summed E-state index contributed by atoms with van der Waals surface area (Å²) in [5.41, 5.74) is 0.503. The van der Waals surface area contributed by atoms with E-state index < -0.39 is 91.8 Å². The molecule has 0 radical (unpaired) electrons. The monoisotopic (exact) mass is 981 g/mol. The number of fused-ring (bicyclic) bond motifs is 2. The van der Waals surface area contributed by atoms with Crippen LogP contribution in [0.25, 0.3) is 11.3 Å². The first kappa shape index (κ1) is 51.0. The zero-order valence-electron chi connectivity index (χ0n) is 37.4. The molecular weight excluding hydrogens is 931 g/mol. The van der Waals surface area contributed by atoms with Gasteiger partial charge in [-0.2, -0.15) is 22.0 Å². The van der Waals surface area contributed by atoms with Crippen LogP contribution in [0, 0.1) is 11.7 Å². The number of nitrogens with zero attached hydrogens (tertiary/aromatic N) is 6. The van der Waals surface area contributed by atoms with E-state index in [-0.39, 0.29) is 54.4 Å². The average molecular weight is 983 g/mol. The Bertz CT molecular complexity index is 2420. The van der Waals surface area contributed by atoms with Crippen LogP contribution >= 0.6 is 23.2 Å². The fourth-order valence-corrected chi connectivity index (χ4v) is 8.90. The van der Waals surface area contributed by atoms with Crippen LogP contribution in [0.1, 0.15) is 49.6 Å². The summed E-state index contributed by atoms with van der Waals surface area (Å²) >= 11 is 12.4. The third kappa shape index (κ3) is 12.6. The molecule has 6 rings (SSSR count). The Morgan fingerprint density at radius 1 is 0.970 bits per heavy atom. The molecule has 0 unspecified atom stereocenters. The quantitative estimate of drug-likeness (QED) is 0.134. The van der Waals surface area contributed by atoms with Crippen molar-refractivity contribution in [3.63, 3.8) is 0 Å². The predicted molar refractivity (Wildman–Crippen MR) is 237 cm³/mol. The van der Waals surface area contributed by atoms with Gasteiger partial charge in [0.25, 0.3) is 0 Å². The molecule has 4 amide bonds. The van der Waals surface area contributed by atoms with E-state index in [1.54, 1.807) is 54.7 Å². The number of rotatable bonds is 13. The van der Waals surface area contributed by atoms with Gasteiger partial charge in [0.1, 0.15) is 35.2 Å². The van der Waals surface area contributed by atoms with Crippen LogP contribution in [0.4, 0.5) is 26.3 Å². The first-order chi connectivity index (χ1) is 31.5. The van der Waals surface area contributed by atoms with Crippen molar-refractivity contribution >= 4 is 46.8 Å². The molecule has 2 fully saturated rings. The number of alkyl halides is 5. The standard InChI is InChI=1S/C46H51Cl2F6N7O6/c1-27-41(63)56-36(25-66-44(50)51)43(65)59(5)45(20-28-7-11-31(47)12-8-28)15-6-16-60(26-45)42(64)30(21-46(52,53)54)17-40(62)61(27)23-34-35(49)18-32(48)19-38(34)67-33-13-9-29(10-14-33)37-22-55-39(58(37)4)24-57(2)3/h7-14,18-19,22,27,30,36,44H,6,15-17,20-21,23-26H2,1-5H3,(H,56,63)/t27-,30-,36-,45+/m0/s1. The van der Waals surface area contributed by atoms with Gasteiger partial charge >= 0.3 is 12.8 Å². The summed E-state index contributed by atoms with van der Waals surface area (Å²) in [5.74, 6) is -6.49. The highest BCUT2D eigenvalue weighted by atomic mass is 35.5. The summed E-state index contributed by atoms with van der Waals surface area (Å²) in [4.78, 5) is 67.2. The number of aromatic nitrogens is 2. The van der Waals surface area contributed by atoms with Crippen molar-refractivity contribution < 1.29 is 55.0 Å². The van der Waals surface area contributed by atoms with Crippen LogP contribution in [-0.4, -0.2) is 124 Å². The van der Waals surface area contributed by atoms with E-state index in [1.807, 2.05) is 30.6 Å². The molecule has 67 heavy (non-hydrogen) atoms. The zero-order chi connectivity index (χ0) is 49.0. The molecule has 13 nitrogen and oxygen atoms in total. The summed E-state index contributed by atoms with van der Waals surface area (Å²) in [6.07, 6.45) is -5.56. The third-order valence-electron chi connectivity index (χ3n) is 12.1. The Hall–Kier alpha value is -5.37. The van der Waals surface area contributed by atoms with Crippen LogP contribution < -0.4 is 10.1 Å². The van der Waals surface area contributed by atoms with Gasteiger partial charge in [-0.05, 0) is 94.4 Å². The molecule has 0 spiro atoms. The average Bonchev–Trinajstić information content (AvgIpc) is 3.61. The number of piperidine rings is 1. The van der Waals surface area contributed by atoms with Crippen LogP contribution in [0.15, 0.2) is 66.9 Å². The number of halogens is 8. The number of hydrogen-bond acceptors (Lipinski definition) is 8. The Labute approximate surface area is 393 Å². The maximum Gasteiger partial charge on any atom is 0.389 e. The van der Waals surface area contributed by atoms with Crippen LogP contribution in [0.5, 0.6) is 11.5 Å². The summed E-state index contributed by atoms with van der Waals surface area (Å²) in [6.45, 7) is -3.80. The van der Waals surface area contributed by atoms with Gasteiger partial charge in [0.05, 0.1) is 49.5 Å². The summed E-state index contributed by atoms with van der Waals surface area (Å²) in [5, 5.41) is 2.69. The minimum atomic E-state index is -4.94. The maximum atomic E-state index is 16.2. The number of nitrogens with one attached hydrogen (secondary N) is 1. The third-order valence-corrected chi connectivity index (χ3v) is 12.6. The first-order valence-corrected chi connectivity index (χ1v) is 22.1. The molecule has 3 heterocycles. The highest BCUT2D eigenvalue weighted by Gasteiger charge is 2.48. The van der Waals surface area contributed by atoms with E-state index in [0.717, 1.165) is 35.0 Å². The summed E-state index contributed by atoms with van der Waals surface area (Å²) in [7, 11) is 7.05. The minimum absolute atomic E-state index is 0.0300. The molecule has 4 atom stereocenters. The van der Waals surface area contributed by atoms with E-state index in [0.29, 0.717) is 17.1 Å². The van der Waals surface area contributed by atoms with Gasteiger partial charge in [0.2, 0.25) is 23.6 Å². The van der Waals surface area contributed by atoms with Crippen molar-refractivity contribution in [2.45, 2.75) is 82.5 Å². The lowest BCUT2D eigenvalue weighted by Crippen LogP contribution is -2.65. The molecule has 1 N–H and O–H groups in total. The lowest BCUT2D eigenvalue weighted by molar-refractivity contribution is -0.167. The van der Waals surface area contributed by atoms with E-state index in [2.05, 4.69) is 15.0 Å². The normalized spacial score (nSPS) is 21.3. The fraction of sp³-hybridized carbons (Fsp3) is 0.457. The number of carbonyl (C=O) groups excluding carboxylic acids is 4. The number of ether oxygens (including phenoxy) is 2. The number of hydrogen-bond donors (Lipinski definition) is 1. The molecule has 21 heteroatoms. The number of likely N-dealkylation sites (N-methyl/N-ethyl adjacent to an activating group) is 1. The Morgan fingerprint density at radius 2 is 1.66 bits per heavy atom. The first-order valence-electron chi connectivity index (χ1n) is 21.3. The lowest BCUT2D eigenvalue weighted by atomic mass is 9.80. The van der Waals surface area contributed by atoms with E-state index in [1.165, 1.54) is 22.9 Å². The smallest absolute Gasteiger partial charge is 0.389 e. The summed E-state index contributed by atoms with van der Waals surface area (Å²) in [6, 6.07) is 11.8. The molecule has 0 aliphatic carbocycles. The Morgan fingerprint density at radius 3 is 2.30 bits per heavy atom. The van der Waals surface area contributed by atoms with Crippen molar-refractivity contribution in [3.8, 4) is 22.8 Å². The number of amides is 4. The highest BCUT2D eigenvalue weighted by molar-refractivity contribution is 6.31. The van der Waals surface area contributed by atoms with Gasteiger partial charge in [-0.25, -0.2) is 9.37 Å². The molecule has 2 saturated heterocycles. The number of imidazole rings is 1. The molecule has 3 aromatic carbocycles. The number of carbonyl (C=O) groups is 4. The van der Waals surface area contributed by atoms with Gasteiger partial charge in [0.15, 0.2) is 0 Å². The minimum Gasteiger partial charge on any atom is -0.457 e. The van der Waals surface area contributed by atoms with E-state index in [4.69, 9.17) is 27.9 Å². The molecule has 0 saturated carbocycles.